The minimum Gasteiger partial charge on any atom is -0.496 e. The van der Waals surface area contributed by atoms with Gasteiger partial charge in [0.15, 0.2) is 0 Å². The van der Waals surface area contributed by atoms with Gasteiger partial charge in [0, 0.05) is 30.4 Å². The summed E-state index contributed by atoms with van der Waals surface area (Å²) in [6, 6.07) is 5.78. The topological polar surface area (TPSA) is 79.3 Å². The normalized spacial score (nSPS) is 19.3. The Hall–Kier alpha value is -2.10. The second kappa shape index (κ2) is 8.07. The van der Waals surface area contributed by atoms with Gasteiger partial charge in [0.05, 0.1) is 25.2 Å². The minimum absolute atomic E-state index is 0.243. The van der Waals surface area contributed by atoms with Crippen LogP contribution in [-0.2, 0) is 14.3 Å². The number of thioether (sulfide) groups is 1. The minimum atomic E-state index is -1.10. The van der Waals surface area contributed by atoms with Crippen molar-refractivity contribution in [3.8, 4) is 5.75 Å². The number of ether oxygens (including phenoxy) is 2. The number of carboxylic acids is 1. The first-order valence-electron chi connectivity index (χ1n) is 7.97. The van der Waals surface area contributed by atoms with E-state index in [1.165, 1.54) is 0 Å². The van der Waals surface area contributed by atoms with Gasteiger partial charge in [-0.2, -0.15) is 0 Å². The van der Waals surface area contributed by atoms with Crippen molar-refractivity contribution in [2.75, 3.05) is 44.9 Å². The summed E-state index contributed by atoms with van der Waals surface area (Å²) >= 11 is 6.20. The van der Waals surface area contributed by atoms with Crippen molar-refractivity contribution < 1.29 is 24.2 Å². The Bertz CT molecular complexity index is 774. The maximum Gasteiger partial charge on any atom is 0.323 e. The molecule has 2 saturated heterocycles. The van der Waals surface area contributed by atoms with E-state index in [1.54, 1.807) is 13.2 Å². The fourth-order valence-electron chi connectivity index (χ4n) is 2.75. The average molecular weight is 394 g/mol. The Labute approximate surface area is 160 Å². The number of rotatable bonds is 5. The predicted octanol–water partition coefficient (Wildman–Crippen LogP) is 1.82. The fraction of sp³-hybridized carbons (Fsp3) is 0.353. The molecule has 0 spiro atoms. The zero-order valence-electron chi connectivity index (χ0n) is 14.1. The number of aliphatic carboxylic acids is 1. The SMILES string of the molecule is COc1cc(N2CCOCC2)ccc1/C=C1/SC(=S)N(CC(=O)O)C1=O. The van der Waals surface area contributed by atoms with Gasteiger partial charge >= 0.3 is 5.97 Å². The van der Waals surface area contributed by atoms with Crippen molar-refractivity contribution in [2.45, 2.75) is 0 Å². The number of thiocarbonyl (C=S) groups is 1. The van der Waals surface area contributed by atoms with Crippen LogP contribution in [0.1, 0.15) is 5.56 Å². The molecule has 9 heteroatoms. The third-order valence-electron chi connectivity index (χ3n) is 4.05. The second-order valence-electron chi connectivity index (χ2n) is 5.69. The highest BCUT2D eigenvalue weighted by Crippen LogP contribution is 2.35. The van der Waals surface area contributed by atoms with Crippen molar-refractivity contribution in [1.29, 1.82) is 0 Å². The Morgan fingerprint density at radius 2 is 2.15 bits per heavy atom. The molecule has 0 bridgehead atoms. The first-order valence-corrected chi connectivity index (χ1v) is 9.20. The molecule has 1 N–H and O–H groups in total. The van der Waals surface area contributed by atoms with Crippen molar-refractivity contribution in [3.05, 3.63) is 28.7 Å². The van der Waals surface area contributed by atoms with Gasteiger partial charge < -0.3 is 19.5 Å². The van der Waals surface area contributed by atoms with Gasteiger partial charge in [0.25, 0.3) is 5.91 Å². The summed E-state index contributed by atoms with van der Waals surface area (Å²) < 4.78 is 11.1. The molecule has 26 heavy (non-hydrogen) atoms. The van der Waals surface area contributed by atoms with Crippen LogP contribution < -0.4 is 9.64 Å². The maximum absolute atomic E-state index is 12.4. The largest absolute Gasteiger partial charge is 0.496 e. The summed E-state index contributed by atoms with van der Waals surface area (Å²) in [5.74, 6) is -0.866. The van der Waals surface area contributed by atoms with Crippen LogP contribution in [-0.4, -0.2) is 66.2 Å². The lowest BCUT2D eigenvalue weighted by atomic mass is 10.1. The summed E-state index contributed by atoms with van der Waals surface area (Å²) in [5, 5.41) is 8.91. The molecule has 7 nitrogen and oxygen atoms in total. The van der Waals surface area contributed by atoms with E-state index in [1.807, 2.05) is 18.2 Å². The Kier molecular flexibility index (Phi) is 5.80. The molecule has 0 radical (unpaired) electrons. The van der Waals surface area contributed by atoms with E-state index < -0.39 is 18.4 Å². The van der Waals surface area contributed by atoms with E-state index >= 15 is 0 Å². The molecule has 138 valence electrons. The first-order chi connectivity index (χ1) is 12.5. The van der Waals surface area contributed by atoms with E-state index in [4.69, 9.17) is 26.8 Å². The number of nitrogens with zero attached hydrogens (tertiary/aromatic N) is 2. The number of morpholine rings is 1. The van der Waals surface area contributed by atoms with Gasteiger partial charge in [-0.3, -0.25) is 14.5 Å². The molecular formula is C17H18N2O5S2. The van der Waals surface area contributed by atoms with Crippen LogP contribution in [0, 0.1) is 0 Å². The Morgan fingerprint density at radius 1 is 1.42 bits per heavy atom. The number of hydrogen-bond donors (Lipinski definition) is 1. The van der Waals surface area contributed by atoms with Gasteiger partial charge in [-0.1, -0.05) is 24.0 Å². The summed E-state index contributed by atoms with van der Waals surface area (Å²) in [6.07, 6.45) is 1.68. The number of hydrogen-bond acceptors (Lipinski definition) is 7. The third-order valence-corrected chi connectivity index (χ3v) is 5.42. The van der Waals surface area contributed by atoms with Gasteiger partial charge in [0.1, 0.15) is 16.6 Å². The van der Waals surface area contributed by atoms with Crippen LogP contribution in [0.25, 0.3) is 6.08 Å². The number of amides is 1. The van der Waals surface area contributed by atoms with E-state index in [0.29, 0.717) is 23.9 Å². The monoisotopic (exact) mass is 394 g/mol. The van der Waals surface area contributed by atoms with Crippen molar-refractivity contribution in [1.82, 2.24) is 4.90 Å². The van der Waals surface area contributed by atoms with E-state index in [0.717, 1.165) is 41.0 Å². The van der Waals surface area contributed by atoms with Gasteiger partial charge in [-0.15, -0.1) is 0 Å². The van der Waals surface area contributed by atoms with E-state index in [9.17, 15) is 9.59 Å². The highest BCUT2D eigenvalue weighted by molar-refractivity contribution is 8.26. The Balaban J connectivity index is 1.85. The highest BCUT2D eigenvalue weighted by Gasteiger charge is 2.33. The molecule has 0 saturated carbocycles. The van der Waals surface area contributed by atoms with Crippen LogP contribution in [0.15, 0.2) is 23.1 Å². The molecule has 2 aliphatic heterocycles. The lowest BCUT2D eigenvalue weighted by Crippen LogP contribution is -2.36. The quantitative estimate of drug-likeness (QED) is 0.599. The highest BCUT2D eigenvalue weighted by atomic mass is 32.2. The zero-order chi connectivity index (χ0) is 18.7. The number of anilines is 1. The van der Waals surface area contributed by atoms with Crippen LogP contribution in [0.4, 0.5) is 5.69 Å². The molecule has 2 aliphatic rings. The summed E-state index contributed by atoms with van der Waals surface area (Å²) in [7, 11) is 1.57. The van der Waals surface area contributed by atoms with Crippen LogP contribution in [0.2, 0.25) is 0 Å². The summed E-state index contributed by atoms with van der Waals surface area (Å²) in [4.78, 5) is 27.0. The van der Waals surface area contributed by atoms with E-state index in [-0.39, 0.29) is 4.32 Å². The van der Waals surface area contributed by atoms with Gasteiger partial charge in [0.2, 0.25) is 0 Å². The third kappa shape index (κ3) is 4.00. The lowest BCUT2D eigenvalue weighted by Gasteiger charge is -2.29. The van der Waals surface area contributed by atoms with Crippen LogP contribution in [0.3, 0.4) is 0 Å². The van der Waals surface area contributed by atoms with E-state index in [2.05, 4.69) is 4.90 Å². The molecular weight excluding hydrogens is 376 g/mol. The maximum atomic E-state index is 12.4. The van der Waals surface area contributed by atoms with Crippen LogP contribution >= 0.6 is 24.0 Å². The summed E-state index contributed by atoms with van der Waals surface area (Å²) in [6.45, 7) is 2.58. The van der Waals surface area contributed by atoms with Crippen molar-refractivity contribution in [2.24, 2.45) is 0 Å². The smallest absolute Gasteiger partial charge is 0.323 e. The molecule has 0 aliphatic carbocycles. The molecule has 1 aromatic carbocycles. The zero-order valence-corrected chi connectivity index (χ0v) is 15.8. The van der Waals surface area contributed by atoms with Crippen molar-refractivity contribution in [3.63, 3.8) is 0 Å². The van der Waals surface area contributed by atoms with Crippen LogP contribution in [0.5, 0.6) is 5.75 Å². The molecule has 2 heterocycles. The lowest BCUT2D eigenvalue weighted by molar-refractivity contribution is -0.140. The first kappa shape index (κ1) is 18.7. The molecule has 0 atom stereocenters. The van der Waals surface area contributed by atoms with Gasteiger partial charge in [-0.05, 0) is 18.2 Å². The average Bonchev–Trinajstić information content (AvgIpc) is 2.90. The molecule has 1 amide bonds. The standard InChI is InChI=1S/C17H18N2O5S2/c1-23-13-9-12(18-4-6-24-7-5-18)3-2-11(13)8-14-16(22)19(10-15(20)21)17(25)26-14/h2-3,8-9H,4-7,10H2,1H3,(H,20,21)/b14-8+. The molecule has 2 fully saturated rings. The Morgan fingerprint density at radius 3 is 2.81 bits per heavy atom. The second-order valence-corrected chi connectivity index (χ2v) is 7.36. The van der Waals surface area contributed by atoms with Gasteiger partial charge in [-0.25, -0.2) is 0 Å². The number of carboxylic acid groups (broad SMARTS) is 1. The molecule has 0 unspecified atom stereocenters. The number of carbonyl (C=O) groups excluding carboxylic acids is 1. The molecule has 0 aromatic heterocycles. The number of carbonyl (C=O) groups is 2. The predicted molar refractivity (Wildman–Crippen MR) is 104 cm³/mol. The van der Waals surface area contributed by atoms with Crippen molar-refractivity contribution >= 4 is 51.9 Å². The molecule has 1 aromatic rings. The molecule has 3 rings (SSSR count). The number of methoxy groups -OCH3 is 1. The fourth-order valence-corrected chi connectivity index (χ4v) is 4.00. The number of benzene rings is 1. The summed E-state index contributed by atoms with van der Waals surface area (Å²) in [5.41, 5.74) is 1.76.